The molecule has 0 saturated carbocycles. The van der Waals surface area contributed by atoms with Crippen molar-refractivity contribution >= 4 is 17.2 Å². The predicted molar refractivity (Wildman–Crippen MR) is 96.4 cm³/mol. The monoisotopic (exact) mass is 354 g/mol. The van der Waals surface area contributed by atoms with Crippen molar-refractivity contribution in [2.45, 2.75) is 33.1 Å². The van der Waals surface area contributed by atoms with Crippen molar-refractivity contribution in [1.29, 1.82) is 0 Å². The summed E-state index contributed by atoms with van der Waals surface area (Å²) >= 11 is 6.07. The molecule has 0 bridgehead atoms. The van der Waals surface area contributed by atoms with Crippen molar-refractivity contribution in [1.82, 2.24) is 10.2 Å². The predicted octanol–water partition coefficient (Wildman–Crippen LogP) is 1.33. The fraction of sp³-hybridized carbons (Fsp3) is 0.579. The molecule has 1 heterocycles. The van der Waals surface area contributed by atoms with Crippen molar-refractivity contribution in [3.05, 3.63) is 40.4 Å². The van der Waals surface area contributed by atoms with Crippen molar-refractivity contribution in [2.75, 3.05) is 32.7 Å². The fourth-order valence-corrected chi connectivity index (χ4v) is 3.73. The number of piperazine rings is 1. The highest BCUT2D eigenvalue weighted by atomic mass is 35.5. The summed E-state index contributed by atoms with van der Waals surface area (Å²) in [6.07, 6.45) is 3.70. The Morgan fingerprint density at radius 2 is 1.83 bits per heavy atom. The molecule has 0 unspecified atom stereocenters. The smallest absolute Gasteiger partial charge is 1.00 e. The first-order valence-corrected chi connectivity index (χ1v) is 8.81. The Kier molecular flexibility index (Phi) is 6.56. The van der Waals surface area contributed by atoms with Crippen LogP contribution in [0.15, 0.2) is 29.8 Å². The van der Waals surface area contributed by atoms with Gasteiger partial charge in [-0.15, -0.1) is 0 Å². The summed E-state index contributed by atoms with van der Waals surface area (Å²) < 4.78 is 0. The molecule has 1 aliphatic heterocycles. The summed E-state index contributed by atoms with van der Waals surface area (Å²) in [6.45, 7) is 10.5. The molecule has 23 heavy (non-hydrogen) atoms. The van der Waals surface area contributed by atoms with Crippen molar-refractivity contribution in [3.63, 3.8) is 0 Å². The molecule has 1 aromatic rings. The second-order valence-electron chi connectivity index (χ2n) is 7.46. The second-order valence-corrected chi connectivity index (χ2v) is 7.89. The maximum atomic E-state index is 6.07. The van der Waals surface area contributed by atoms with E-state index >= 15 is 0 Å². The van der Waals surface area contributed by atoms with E-state index < -0.39 is 0 Å². The van der Waals surface area contributed by atoms with E-state index in [1.807, 2.05) is 12.1 Å². The number of allylic oxidation sites excluding steroid dienone is 1. The third kappa shape index (κ3) is 4.96. The van der Waals surface area contributed by atoms with Gasteiger partial charge in [0.1, 0.15) is 0 Å². The van der Waals surface area contributed by atoms with E-state index in [4.69, 9.17) is 11.6 Å². The zero-order valence-corrected chi connectivity index (χ0v) is 15.7. The molecule has 0 amide bonds. The van der Waals surface area contributed by atoms with Gasteiger partial charge in [-0.25, -0.2) is 0 Å². The van der Waals surface area contributed by atoms with Crippen LogP contribution < -0.4 is 17.7 Å². The molecular formula is C19H28Cl2N2. The topological polar surface area (TPSA) is 15.3 Å². The van der Waals surface area contributed by atoms with Gasteiger partial charge in [0.2, 0.25) is 0 Å². The molecule has 1 saturated heterocycles. The summed E-state index contributed by atoms with van der Waals surface area (Å²) in [5, 5.41) is 4.26. The highest BCUT2D eigenvalue weighted by molar-refractivity contribution is 6.30. The third-order valence-electron chi connectivity index (χ3n) is 5.00. The van der Waals surface area contributed by atoms with Gasteiger partial charge in [0.15, 0.2) is 0 Å². The number of nitrogens with zero attached hydrogens (tertiary/aromatic N) is 1. The molecule has 2 aliphatic rings. The second kappa shape index (κ2) is 8.02. The summed E-state index contributed by atoms with van der Waals surface area (Å²) in [6, 6.07) is 8.43. The Bertz CT molecular complexity index is 549. The minimum Gasteiger partial charge on any atom is -1.00 e. The van der Waals surface area contributed by atoms with Crippen LogP contribution in [0.25, 0.3) is 5.57 Å². The Hall–Kier alpha value is -0.540. The SMILES string of the molecule is CC1(C)CCC(CN2CCNCC2)=C(c2ccc(Cl)cc2)C1.[Cl-].[H+]. The zero-order valence-electron chi connectivity index (χ0n) is 15.2. The largest absolute Gasteiger partial charge is 1.00 e. The summed E-state index contributed by atoms with van der Waals surface area (Å²) in [5.41, 5.74) is 4.97. The number of nitrogens with one attached hydrogen (secondary N) is 1. The minimum atomic E-state index is 0. The van der Waals surface area contributed by atoms with Gasteiger partial charge in [-0.05, 0) is 47.9 Å². The minimum absolute atomic E-state index is 0. The van der Waals surface area contributed by atoms with Crippen LogP contribution in [0.1, 0.15) is 40.1 Å². The van der Waals surface area contributed by atoms with E-state index in [-0.39, 0.29) is 13.8 Å². The molecule has 0 atom stereocenters. The molecule has 0 aromatic heterocycles. The number of hydrogen-bond donors (Lipinski definition) is 1. The molecule has 1 N–H and O–H groups in total. The highest BCUT2D eigenvalue weighted by Gasteiger charge is 2.28. The maximum absolute atomic E-state index is 6.07. The van der Waals surface area contributed by atoms with Gasteiger partial charge in [-0.2, -0.15) is 0 Å². The van der Waals surface area contributed by atoms with Crippen LogP contribution in [-0.2, 0) is 0 Å². The molecule has 1 aromatic carbocycles. The Morgan fingerprint density at radius 3 is 2.48 bits per heavy atom. The quantitative estimate of drug-likeness (QED) is 0.880. The van der Waals surface area contributed by atoms with Crippen LogP contribution in [-0.4, -0.2) is 37.6 Å². The Labute approximate surface area is 153 Å². The lowest BCUT2D eigenvalue weighted by atomic mass is 9.72. The summed E-state index contributed by atoms with van der Waals surface area (Å²) in [4.78, 5) is 2.60. The van der Waals surface area contributed by atoms with Gasteiger partial charge in [0, 0.05) is 37.7 Å². The number of halogens is 2. The molecule has 3 rings (SSSR count). The van der Waals surface area contributed by atoms with E-state index in [1.165, 1.54) is 37.9 Å². The van der Waals surface area contributed by atoms with E-state index in [0.717, 1.165) is 24.7 Å². The number of benzene rings is 1. The van der Waals surface area contributed by atoms with Crippen LogP contribution in [0.5, 0.6) is 0 Å². The van der Waals surface area contributed by atoms with Crippen molar-refractivity contribution in [2.24, 2.45) is 5.41 Å². The van der Waals surface area contributed by atoms with Crippen LogP contribution in [0.2, 0.25) is 5.02 Å². The number of hydrogen-bond acceptors (Lipinski definition) is 2. The Balaban J connectivity index is 0.00000144. The van der Waals surface area contributed by atoms with Crippen LogP contribution in [0, 0.1) is 5.41 Å². The average molecular weight is 355 g/mol. The van der Waals surface area contributed by atoms with Gasteiger partial charge >= 0.3 is 1.43 Å². The van der Waals surface area contributed by atoms with E-state index in [1.54, 1.807) is 11.1 Å². The number of rotatable bonds is 3. The van der Waals surface area contributed by atoms with Crippen molar-refractivity contribution < 1.29 is 13.8 Å². The molecule has 128 valence electrons. The Morgan fingerprint density at radius 1 is 1.17 bits per heavy atom. The first-order chi connectivity index (χ1) is 10.5. The summed E-state index contributed by atoms with van der Waals surface area (Å²) in [7, 11) is 0. The molecular weight excluding hydrogens is 327 g/mol. The van der Waals surface area contributed by atoms with E-state index in [2.05, 4.69) is 36.2 Å². The van der Waals surface area contributed by atoms with E-state index in [0.29, 0.717) is 5.41 Å². The van der Waals surface area contributed by atoms with Gasteiger partial charge < -0.3 is 17.7 Å². The lowest BCUT2D eigenvalue weighted by molar-refractivity contribution is -0.00000505. The fourth-order valence-electron chi connectivity index (χ4n) is 3.60. The first kappa shape index (κ1) is 18.8. The lowest BCUT2D eigenvalue weighted by Gasteiger charge is -2.36. The van der Waals surface area contributed by atoms with Gasteiger partial charge in [-0.3, -0.25) is 4.90 Å². The molecule has 1 fully saturated rings. The molecule has 1 aliphatic carbocycles. The summed E-state index contributed by atoms with van der Waals surface area (Å²) in [5.74, 6) is 0. The highest BCUT2D eigenvalue weighted by Crippen LogP contribution is 2.43. The zero-order chi connectivity index (χ0) is 15.6. The van der Waals surface area contributed by atoms with Crippen LogP contribution >= 0.6 is 11.6 Å². The molecule has 0 radical (unpaired) electrons. The first-order valence-electron chi connectivity index (χ1n) is 8.43. The molecule has 4 heteroatoms. The lowest BCUT2D eigenvalue weighted by Crippen LogP contribution is -3.00. The maximum Gasteiger partial charge on any atom is 1.00 e. The van der Waals surface area contributed by atoms with Gasteiger partial charge in [-0.1, -0.05) is 43.2 Å². The van der Waals surface area contributed by atoms with Gasteiger partial charge in [0.05, 0.1) is 0 Å². The van der Waals surface area contributed by atoms with Crippen LogP contribution in [0.3, 0.4) is 0 Å². The normalized spacial score (nSPS) is 21.9. The van der Waals surface area contributed by atoms with Gasteiger partial charge in [0.25, 0.3) is 0 Å². The average Bonchev–Trinajstić information content (AvgIpc) is 2.51. The molecule has 2 nitrogen and oxygen atoms in total. The van der Waals surface area contributed by atoms with Crippen LogP contribution in [0.4, 0.5) is 0 Å². The van der Waals surface area contributed by atoms with E-state index in [9.17, 15) is 0 Å². The molecule has 0 spiro atoms. The van der Waals surface area contributed by atoms with Crippen molar-refractivity contribution in [3.8, 4) is 0 Å². The standard InChI is InChI=1S/C19H27ClN2.ClH/c1-19(2)8-7-16(14-22-11-9-21-10-12-22)18(13-19)15-3-5-17(20)6-4-15;/h3-6,21H,7-14H2,1-2H3;1H. The third-order valence-corrected chi connectivity index (χ3v) is 5.25.